The Bertz CT molecular complexity index is 281. The third kappa shape index (κ3) is 3.34. The average Bonchev–Trinajstić information content (AvgIpc) is 2.01. The second kappa shape index (κ2) is 4.60. The van der Waals surface area contributed by atoms with E-state index in [-0.39, 0.29) is 0 Å². The first-order valence-corrected chi connectivity index (χ1v) is 5.02. The predicted molar refractivity (Wildman–Crippen MR) is 60.5 cm³/mol. The molecule has 0 saturated carbocycles. The molecule has 0 fully saturated rings. The van der Waals surface area contributed by atoms with Crippen molar-refractivity contribution in [2.24, 2.45) is 0 Å². The second-order valence-electron chi connectivity index (χ2n) is 2.87. The monoisotopic (exact) mass is 275 g/mol. The maximum Gasteiger partial charge on any atom is 0.350 e. The highest BCUT2D eigenvalue weighted by Gasteiger charge is 2.02. The molecule has 1 rings (SSSR count). The molecule has 0 radical (unpaired) electrons. The van der Waals surface area contributed by atoms with Gasteiger partial charge in [0.15, 0.2) is 0 Å². The van der Waals surface area contributed by atoms with Crippen molar-refractivity contribution >= 4 is 26.4 Å². The summed E-state index contributed by atoms with van der Waals surface area (Å²) >= 11 is 1.95. The number of halogens is 1. The van der Waals surface area contributed by atoms with E-state index >= 15 is 0 Å². The van der Waals surface area contributed by atoms with E-state index in [0.29, 0.717) is 3.79 Å². The lowest BCUT2D eigenvalue weighted by molar-refractivity contribution is 0.675. The van der Waals surface area contributed by atoms with Gasteiger partial charge in [0.1, 0.15) is 0 Å². The predicted octanol–water partition coefficient (Wildman–Crippen LogP) is 2.87. The van der Waals surface area contributed by atoms with Crippen LogP contribution in [0.1, 0.15) is 17.5 Å². The molecule has 0 amide bonds. The average molecular weight is 275 g/mol. The minimum absolute atomic E-state index is 0.481. The van der Waals surface area contributed by atoms with Crippen LogP contribution in [0.25, 0.3) is 0 Å². The van der Waals surface area contributed by atoms with E-state index in [4.69, 9.17) is 4.79 Å². The molecular weight excluding hydrogens is 263 g/mol. The van der Waals surface area contributed by atoms with Crippen LogP contribution in [0.5, 0.6) is 0 Å². The molecular formula is C10H12IO+. The van der Waals surface area contributed by atoms with Crippen LogP contribution in [-0.4, -0.2) is 8.58 Å². The van der Waals surface area contributed by atoms with Gasteiger partial charge in [-0.25, -0.2) is 0 Å². The Kier molecular flexibility index (Phi) is 3.72. The number of hydrogen-bond acceptors (Lipinski definition) is 0. The maximum absolute atomic E-state index is 8.99. The van der Waals surface area contributed by atoms with E-state index in [9.17, 15) is 0 Å². The summed E-state index contributed by atoms with van der Waals surface area (Å²) in [5.74, 6) is 0. The van der Waals surface area contributed by atoms with Gasteiger partial charge in [-0.05, 0) is 18.9 Å². The molecule has 1 nitrogen and oxygen atoms in total. The van der Waals surface area contributed by atoms with Crippen molar-refractivity contribution in [3.05, 3.63) is 35.4 Å². The lowest BCUT2D eigenvalue weighted by atomic mass is 10.1. The van der Waals surface area contributed by atoms with Crippen molar-refractivity contribution in [3.63, 3.8) is 0 Å². The van der Waals surface area contributed by atoms with Crippen molar-refractivity contribution in [1.82, 2.24) is 0 Å². The Morgan fingerprint density at radius 1 is 1.50 bits per heavy atom. The molecule has 0 bridgehead atoms. The van der Waals surface area contributed by atoms with Crippen LogP contribution in [0.15, 0.2) is 24.3 Å². The summed E-state index contributed by atoms with van der Waals surface area (Å²) in [5.41, 5.74) is 2.57. The fourth-order valence-corrected chi connectivity index (χ4v) is 1.38. The zero-order valence-corrected chi connectivity index (χ0v) is 9.21. The SMILES string of the molecule is Cc1cccc(CCC(=[OH+])I)c1. The van der Waals surface area contributed by atoms with Gasteiger partial charge in [0.25, 0.3) is 0 Å². The van der Waals surface area contributed by atoms with Gasteiger partial charge in [-0.3, -0.25) is 4.79 Å². The Balaban J connectivity index is 2.57. The zero-order chi connectivity index (χ0) is 8.97. The topological polar surface area (TPSA) is 21.4 Å². The highest BCUT2D eigenvalue weighted by Crippen LogP contribution is 2.07. The molecule has 0 aromatic heterocycles. The van der Waals surface area contributed by atoms with Gasteiger partial charge >= 0.3 is 3.79 Å². The molecule has 2 heteroatoms. The minimum Gasteiger partial charge on any atom is -0.273 e. The third-order valence-corrected chi connectivity index (χ3v) is 2.24. The first kappa shape index (κ1) is 9.71. The number of aryl methyl sites for hydroxylation is 2. The summed E-state index contributed by atoms with van der Waals surface area (Å²) < 4.78 is 0.481. The number of hydrogen-bond donors (Lipinski definition) is 0. The Morgan fingerprint density at radius 3 is 2.83 bits per heavy atom. The van der Waals surface area contributed by atoms with Crippen molar-refractivity contribution in [2.45, 2.75) is 19.8 Å². The van der Waals surface area contributed by atoms with Gasteiger partial charge < -0.3 is 0 Å². The van der Waals surface area contributed by atoms with Crippen LogP contribution < -0.4 is 0 Å². The first-order chi connectivity index (χ1) is 5.68. The fourth-order valence-electron chi connectivity index (χ4n) is 1.12. The smallest absolute Gasteiger partial charge is 0.273 e. The van der Waals surface area contributed by atoms with E-state index in [2.05, 4.69) is 31.2 Å². The Hall–Kier alpha value is -0.380. The molecule has 1 N–H and O–H groups in total. The van der Waals surface area contributed by atoms with Crippen molar-refractivity contribution < 1.29 is 4.79 Å². The highest BCUT2D eigenvalue weighted by molar-refractivity contribution is 14.1. The lowest BCUT2D eigenvalue weighted by Crippen LogP contribution is -1.91. The Labute approximate surface area is 86.3 Å². The fraction of sp³-hybridized carbons (Fsp3) is 0.300. The van der Waals surface area contributed by atoms with Crippen LogP contribution in [0.4, 0.5) is 0 Å². The molecule has 0 atom stereocenters. The van der Waals surface area contributed by atoms with Crippen molar-refractivity contribution in [3.8, 4) is 0 Å². The molecule has 0 aliphatic heterocycles. The normalized spacial score (nSPS) is 9.83. The summed E-state index contributed by atoms with van der Waals surface area (Å²) in [6, 6.07) is 8.37. The molecule has 12 heavy (non-hydrogen) atoms. The second-order valence-corrected chi connectivity index (χ2v) is 4.11. The van der Waals surface area contributed by atoms with Gasteiger partial charge in [0.2, 0.25) is 0 Å². The lowest BCUT2D eigenvalue weighted by Gasteiger charge is -1.97. The van der Waals surface area contributed by atoms with Crippen LogP contribution in [0.3, 0.4) is 0 Å². The summed E-state index contributed by atoms with van der Waals surface area (Å²) in [5, 5.41) is 0. The van der Waals surface area contributed by atoms with Crippen LogP contribution in [0.2, 0.25) is 0 Å². The summed E-state index contributed by atoms with van der Waals surface area (Å²) in [7, 11) is 0. The van der Waals surface area contributed by atoms with E-state index < -0.39 is 0 Å². The molecule has 0 spiro atoms. The molecule has 0 aliphatic rings. The van der Waals surface area contributed by atoms with E-state index in [1.165, 1.54) is 11.1 Å². The Morgan fingerprint density at radius 2 is 2.25 bits per heavy atom. The minimum atomic E-state index is 0.481. The molecule has 0 saturated heterocycles. The summed E-state index contributed by atoms with van der Waals surface area (Å²) in [6.07, 6.45) is 1.68. The largest absolute Gasteiger partial charge is 0.350 e. The van der Waals surface area contributed by atoms with Crippen molar-refractivity contribution in [2.75, 3.05) is 0 Å². The van der Waals surface area contributed by atoms with Crippen LogP contribution >= 0.6 is 22.6 Å². The van der Waals surface area contributed by atoms with E-state index in [1.807, 2.05) is 22.6 Å². The standard InChI is InChI=1S/C10H11IO/c1-8-3-2-4-9(7-8)5-6-10(11)12/h2-4,7H,5-6H2,1H3/p+1. The van der Waals surface area contributed by atoms with Gasteiger partial charge in [0, 0.05) is 0 Å². The summed E-state index contributed by atoms with van der Waals surface area (Å²) in [6.45, 7) is 2.08. The third-order valence-electron chi connectivity index (χ3n) is 1.70. The van der Waals surface area contributed by atoms with Crippen LogP contribution in [0, 0.1) is 6.92 Å². The van der Waals surface area contributed by atoms with E-state index in [1.54, 1.807) is 0 Å². The first-order valence-electron chi connectivity index (χ1n) is 3.94. The van der Waals surface area contributed by atoms with E-state index in [0.717, 1.165) is 12.8 Å². The maximum atomic E-state index is 8.99. The van der Waals surface area contributed by atoms with Gasteiger partial charge in [-0.1, -0.05) is 29.8 Å². The molecule has 1 aromatic carbocycles. The van der Waals surface area contributed by atoms with Gasteiger partial charge in [-0.15, -0.1) is 0 Å². The molecule has 0 unspecified atom stereocenters. The highest BCUT2D eigenvalue weighted by atomic mass is 127. The van der Waals surface area contributed by atoms with Gasteiger partial charge in [-0.2, -0.15) is 0 Å². The van der Waals surface area contributed by atoms with Crippen LogP contribution in [-0.2, 0) is 6.42 Å². The molecule has 0 heterocycles. The van der Waals surface area contributed by atoms with Crippen molar-refractivity contribution in [1.29, 1.82) is 0 Å². The zero-order valence-electron chi connectivity index (χ0n) is 7.05. The summed E-state index contributed by atoms with van der Waals surface area (Å²) in [4.78, 5) is 8.99. The molecule has 64 valence electrons. The number of rotatable bonds is 3. The molecule has 1 aromatic rings. The number of benzene rings is 1. The quantitative estimate of drug-likeness (QED) is 0.459. The molecule has 0 aliphatic carbocycles. The number of carbonyl (C=O) groups excluding carboxylic acids is 1. The van der Waals surface area contributed by atoms with Gasteiger partial charge in [0.05, 0.1) is 29.0 Å².